The molecule has 1 aliphatic rings. The molecule has 1 aromatic carbocycles. The lowest BCUT2D eigenvalue weighted by Gasteiger charge is -2.26. The molecule has 0 unspecified atom stereocenters. The Bertz CT molecular complexity index is 904. The van der Waals surface area contributed by atoms with Crippen LogP contribution in [0.5, 0.6) is 0 Å². The largest absolute Gasteiger partial charge is 0.451 e. The minimum absolute atomic E-state index is 0.336. The smallest absolute Gasteiger partial charge is 0.363 e. The highest BCUT2D eigenvalue weighted by Crippen LogP contribution is 2.14. The van der Waals surface area contributed by atoms with Crippen LogP contribution < -0.4 is 5.43 Å². The molecule has 0 aliphatic carbocycles. The fraction of sp³-hybridized carbons (Fsp3) is 0.333. The van der Waals surface area contributed by atoms with Gasteiger partial charge in [-0.1, -0.05) is 11.6 Å². The molecule has 0 saturated carbocycles. The van der Waals surface area contributed by atoms with E-state index in [0.717, 1.165) is 0 Å². The minimum Gasteiger partial charge on any atom is -0.451 e. The first-order chi connectivity index (χ1) is 13.0. The van der Waals surface area contributed by atoms with Crippen LogP contribution in [0, 0.1) is 6.92 Å². The van der Waals surface area contributed by atoms with Crippen LogP contribution in [-0.2, 0) is 14.3 Å². The molecule has 0 atom stereocenters. The molecule has 142 valence electrons. The molecule has 0 radical (unpaired) electrons. The Balaban J connectivity index is 1.76. The molecular formula is C18H18ClN3O5. The first kappa shape index (κ1) is 19.1. The number of amides is 1. The van der Waals surface area contributed by atoms with Crippen molar-refractivity contribution < 1.29 is 19.1 Å². The van der Waals surface area contributed by atoms with Gasteiger partial charge in [-0.3, -0.25) is 9.59 Å². The van der Waals surface area contributed by atoms with Gasteiger partial charge in [0, 0.05) is 29.9 Å². The lowest BCUT2D eigenvalue weighted by molar-refractivity contribution is -0.138. The first-order valence-corrected chi connectivity index (χ1v) is 8.73. The molecule has 3 rings (SSSR count). The van der Waals surface area contributed by atoms with Crippen LogP contribution >= 0.6 is 11.6 Å². The van der Waals surface area contributed by atoms with E-state index >= 15 is 0 Å². The van der Waals surface area contributed by atoms with Crippen molar-refractivity contribution in [3.63, 3.8) is 0 Å². The number of nitrogens with zero attached hydrogens (tertiary/aromatic N) is 3. The third-order valence-electron chi connectivity index (χ3n) is 4.06. The second-order valence-electron chi connectivity index (χ2n) is 5.96. The average Bonchev–Trinajstić information content (AvgIpc) is 2.67. The Kier molecular flexibility index (Phi) is 5.88. The van der Waals surface area contributed by atoms with Gasteiger partial charge < -0.3 is 14.4 Å². The van der Waals surface area contributed by atoms with E-state index in [-0.39, 0.29) is 11.6 Å². The number of aromatic nitrogens is 2. The van der Waals surface area contributed by atoms with Crippen molar-refractivity contribution in [3.8, 4) is 5.69 Å². The summed E-state index contributed by atoms with van der Waals surface area (Å²) in [5.74, 6) is -1.28. The number of morpholine rings is 1. The van der Waals surface area contributed by atoms with E-state index in [9.17, 15) is 14.4 Å². The number of aryl methyl sites for hydroxylation is 1. The molecule has 1 aliphatic heterocycles. The Morgan fingerprint density at radius 1 is 1.22 bits per heavy atom. The number of esters is 1. The van der Waals surface area contributed by atoms with Gasteiger partial charge in [0.15, 0.2) is 6.61 Å². The van der Waals surface area contributed by atoms with Crippen LogP contribution in [0.25, 0.3) is 5.69 Å². The standard InChI is InChI=1S/C18H18ClN3O5/c1-12-10-15(23)17(20-22(12)14-4-2-13(19)3-5-14)18(25)27-11-16(24)21-6-8-26-9-7-21/h2-5,10H,6-9,11H2,1H3. The van der Waals surface area contributed by atoms with Gasteiger partial charge in [0.1, 0.15) is 0 Å². The third-order valence-corrected chi connectivity index (χ3v) is 4.31. The van der Waals surface area contributed by atoms with Crippen molar-refractivity contribution in [3.05, 3.63) is 57.0 Å². The maximum atomic E-state index is 12.3. The molecule has 2 aromatic rings. The lowest BCUT2D eigenvalue weighted by Crippen LogP contribution is -2.43. The first-order valence-electron chi connectivity index (χ1n) is 8.35. The van der Waals surface area contributed by atoms with Gasteiger partial charge in [-0.2, -0.15) is 5.10 Å². The molecule has 1 fully saturated rings. The zero-order valence-electron chi connectivity index (χ0n) is 14.7. The molecule has 9 heteroatoms. The van der Waals surface area contributed by atoms with Crippen molar-refractivity contribution in [1.82, 2.24) is 14.7 Å². The normalized spacial score (nSPS) is 14.1. The summed E-state index contributed by atoms with van der Waals surface area (Å²) in [5.41, 5.74) is 0.227. The Hall–Kier alpha value is -2.71. The van der Waals surface area contributed by atoms with Crippen LogP contribution in [0.3, 0.4) is 0 Å². The topological polar surface area (TPSA) is 90.7 Å². The number of rotatable bonds is 4. The van der Waals surface area contributed by atoms with Crippen LogP contribution in [-0.4, -0.2) is 59.5 Å². The maximum Gasteiger partial charge on any atom is 0.363 e. The Labute approximate surface area is 160 Å². The molecule has 1 saturated heterocycles. The Morgan fingerprint density at radius 2 is 1.89 bits per heavy atom. The monoisotopic (exact) mass is 391 g/mol. The summed E-state index contributed by atoms with van der Waals surface area (Å²) < 4.78 is 11.6. The third kappa shape index (κ3) is 4.53. The minimum atomic E-state index is -0.940. The van der Waals surface area contributed by atoms with Gasteiger partial charge in [0.2, 0.25) is 11.1 Å². The molecule has 0 bridgehead atoms. The van der Waals surface area contributed by atoms with Gasteiger partial charge in [-0.05, 0) is 31.2 Å². The fourth-order valence-corrected chi connectivity index (χ4v) is 2.76. The van der Waals surface area contributed by atoms with Gasteiger partial charge in [0.05, 0.1) is 18.9 Å². The number of hydrogen-bond donors (Lipinski definition) is 0. The van der Waals surface area contributed by atoms with Crippen LogP contribution in [0.1, 0.15) is 16.2 Å². The molecule has 0 N–H and O–H groups in total. The van der Waals surface area contributed by atoms with Gasteiger partial charge in [-0.25, -0.2) is 9.48 Å². The summed E-state index contributed by atoms with van der Waals surface area (Å²) in [4.78, 5) is 38.1. The fourth-order valence-electron chi connectivity index (χ4n) is 2.63. The van der Waals surface area contributed by atoms with Gasteiger partial charge >= 0.3 is 5.97 Å². The highest BCUT2D eigenvalue weighted by atomic mass is 35.5. The summed E-state index contributed by atoms with van der Waals surface area (Å²) >= 11 is 5.88. The molecule has 8 nitrogen and oxygen atoms in total. The van der Waals surface area contributed by atoms with Gasteiger partial charge in [-0.15, -0.1) is 0 Å². The van der Waals surface area contributed by atoms with Crippen molar-refractivity contribution in [2.24, 2.45) is 0 Å². The van der Waals surface area contributed by atoms with Crippen molar-refractivity contribution in [2.75, 3.05) is 32.9 Å². The number of benzene rings is 1. The zero-order chi connectivity index (χ0) is 19.4. The van der Waals surface area contributed by atoms with Crippen molar-refractivity contribution in [2.45, 2.75) is 6.92 Å². The summed E-state index contributed by atoms with van der Waals surface area (Å²) in [6, 6.07) is 8.07. The number of hydrogen-bond acceptors (Lipinski definition) is 6. The maximum absolute atomic E-state index is 12.3. The Morgan fingerprint density at radius 3 is 2.56 bits per heavy atom. The summed E-state index contributed by atoms with van der Waals surface area (Å²) in [6.07, 6.45) is 0. The van der Waals surface area contributed by atoms with Crippen LogP contribution in [0.2, 0.25) is 5.02 Å². The van der Waals surface area contributed by atoms with E-state index in [1.165, 1.54) is 10.7 Å². The SMILES string of the molecule is Cc1cc(=O)c(C(=O)OCC(=O)N2CCOCC2)nn1-c1ccc(Cl)cc1. The number of ether oxygens (including phenoxy) is 2. The predicted molar refractivity (Wildman–Crippen MR) is 97.3 cm³/mol. The van der Waals surface area contributed by atoms with Crippen LogP contribution in [0.15, 0.2) is 35.1 Å². The molecule has 27 heavy (non-hydrogen) atoms. The van der Waals surface area contributed by atoms with E-state index < -0.39 is 18.0 Å². The average molecular weight is 392 g/mol. The molecule has 2 heterocycles. The molecule has 0 spiro atoms. The molecule has 1 amide bonds. The number of halogens is 1. The number of carbonyl (C=O) groups is 2. The van der Waals surface area contributed by atoms with E-state index in [0.29, 0.717) is 42.7 Å². The van der Waals surface area contributed by atoms with E-state index in [1.807, 2.05) is 0 Å². The predicted octanol–water partition coefficient (Wildman–Crippen LogP) is 1.21. The highest BCUT2D eigenvalue weighted by Gasteiger charge is 2.21. The van der Waals surface area contributed by atoms with Gasteiger partial charge in [0.25, 0.3) is 5.91 Å². The second kappa shape index (κ2) is 8.32. The van der Waals surface area contributed by atoms with E-state index in [1.54, 1.807) is 36.1 Å². The molecule has 1 aromatic heterocycles. The lowest BCUT2D eigenvalue weighted by atomic mass is 10.3. The summed E-state index contributed by atoms with van der Waals surface area (Å²) in [6.45, 7) is 3.04. The van der Waals surface area contributed by atoms with E-state index in [4.69, 9.17) is 21.1 Å². The van der Waals surface area contributed by atoms with Crippen molar-refractivity contribution in [1.29, 1.82) is 0 Å². The summed E-state index contributed by atoms with van der Waals surface area (Å²) in [5, 5.41) is 4.66. The van der Waals surface area contributed by atoms with Crippen LogP contribution in [0.4, 0.5) is 0 Å². The second-order valence-corrected chi connectivity index (χ2v) is 6.39. The number of carbonyl (C=O) groups excluding carboxylic acids is 2. The van der Waals surface area contributed by atoms with Crippen molar-refractivity contribution >= 4 is 23.5 Å². The quantitative estimate of drug-likeness (QED) is 0.727. The summed E-state index contributed by atoms with van der Waals surface area (Å²) in [7, 11) is 0. The zero-order valence-corrected chi connectivity index (χ0v) is 15.4. The molecular weight excluding hydrogens is 374 g/mol. The van der Waals surface area contributed by atoms with E-state index in [2.05, 4.69) is 5.10 Å². The highest BCUT2D eigenvalue weighted by molar-refractivity contribution is 6.30.